The highest BCUT2D eigenvalue weighted by atomic mass is 32.2. The van der Waals surface area contributed by atoms with Crippen LogP contribution in [0.4, 0.5) is 0 Å². The molecule has 0 bridgehead atoms. The quantitative estimate of drug-likeness (QED) is 0.685. The first-order chi connectivity index (χ1) is 13.0. The van der Waals surface area contributed by atoms with Crippen LogP contribution >= 0.6 is 0 Å². The van der Waals surface area contributed by atoms with Crippen LogP contribution in [0.2, 0.25) is 0 Å². The zero-order chi connectivity index (χ0) is 19.3. The van der Waals surface area contributed by atoms with Gasteiger partial charge in [0.1, 0.15) is 5.75 Å². The second-order valence-electron chi connectivity index (χ2n) is 6.58. The largest absolute Gasteiger partial charge is 0.494 e. The van der Waals surface area contributed by atoms with E-state index in [0.29, 0.717) is 58.3 Å². The van der Waals surface area contributed by atoms with Gasteiger partial charge < -0.3 is 14.4 Å². The van der Waals surface area contributed by atoms with Crippen molar-refractivity contribution in [3.8, 4) is 5.75 Å². The van der Waals surface area contributed by atoms with E-state index in [1.807, 2.05) is 6.92 Å². The summed E-state index contributed by atoms with van der Waals surface area (Å²) in [7, 11) is -3.56. The molecule has 1 aromatic carbocycles. The molecule has 9 heteroatoms. The summed E-state index contributed by atoms with van der Waals surface area (Å²) in [5.41, 5.74) is 0. The Balaban J connectivity index is 1.55. The predicted molar refractivity (Wildman–Crippen MR) is 100 cm³/mol. The van der Waals surface area contributed by atoms with E-state index < -0.39 is 10.0 Å². The van der Waals surface area contributed by atoms with E-state index in [9.17, 15) is 13.2 Å². The molecule has 1 amide bonds. The normalized spacial score (nSPS) is 19.8. The van der Waals surface area contributed by atoms with Gasteiger partial charge in [-0.1, -0.05) is 0 Å². The van der Waals surface area contributed by atoms with Crippen molar-refractivity contribution in [1.29, 1.82) is 0 Å². The molecule has 2 fully saturated rings. The molecule has 8 nitrogen and oxygen atoms in total. The lowest BCUT2D eigenvalue weighted by molar-refractivity contribution is -0.134. The lowest BCUT2D eigenvalue weighted by Gasteiger charge is -2.35. The standard InChI is InChI=1S/C18H27N3O5S/c1-2-26-16-3-5-17(6-4-16)27(23,24)21-9-7-20(8-10-21)18(22)15-19-11-13-25-14-12-19/h3-6H,2,7-15H2,1H3. The number of sulfonamides is 1. The molecule has 2 aliphatic rings. The fourth-order valence-electron chi connectivity index (χ4n) is 3.25. The lowest BCUT2D eigenvalue weighted by atomic mass is 10.3. The van der Waals surface area contributed by atoms with Crippen LogP contribution in [0.5, 0.6) is 5.75 Å². The van der Waals surface area contributed by atoms with Crippen molar-refractivity contribution < 1.29 is 22.7 Å². The summed E-state index contributed by atoms with van der Waals surface area (Å²) in [4.78, 5) is 16.5. The van der Waals surface area contributed by atoms with Crippen LogP contribution in [0.15, 0.2) is 29.2 Å². The summed E-state index contributed by atoms with van der Waals surface area (Å²) in [6.07, 6.45) is 0. The molecule has 3 rings (SSSR count). The third kappa shape index (κ3) is 4.98. The predicted octanol–water partition coefficient (Wildman–Crippen LogP) is 0.250. The van der Waals surface area contributed by atoms with Gasteiger partial charge in [0.2, 0.25) is 15.9 Å². The molecule has 0 atom stereocenters. The van der Waals surface area contributed by atoms with Gasteiger partial charge in [-0.15, -0.1) is 0 Å². The van der Waals surface area contributed by atoms with Gasteiger partial charge in [0, 0.05) is 39.3 Å². The van der Waals surface area contributed by atoms with Gasteiger partial charge in [-0.2, -0.15) is 4.31 Å². The van der Waals surface area contributed by atoms with E-state index in [1.165, 1.54) is 4.31 Å². The molecule has 0 spiro atoms. The van der Waals surface area contributed by atoms with Crippen molar-refractivity contribution in [2.45, 2.75) is 11.8 Å². The topological polar surface area (TPSA) is 79.4 Å². The van der Waals surface area contributed by atoms with Crippen LogP contribution in [-0.2, 0) is 19.6 Å². The number of ether oxygens (including phenoxy) is 2. The number of hydrogen-bond acceptors (Lipinski definition) is 6. The van der Waals surface area contributed by atoms with Gasteiger partial charge in [-0.3, -0.25) is 9.69 Å². The van der Waals surface area contributed by atoms with Gasteiger partial charge in [0.05, 0.1) is 31.3 Å². The van der Waals surface area contributed by atoms with Crippen LogP contribution in [-0.4, -0.2) is 94.1 Å². The zero-order valence-corrected chi connectivity index (χ0v) is 16.5. The average Bonchev–Trinajstić information content (AvgIpc) is 2.69. The Kier molecular flexibility index (Phi) is 6.69. The van der Waals surface area contributed by atoms with Gasteiger partial charge in [0.25, 0.3) is 0 Å². The van der Waals surface area contributed by atoms with Gasteiger partial charge in [0.15, 0.2) is 0 Å². The lowest BCUT2D eigenvalue weighted by Crippen LogP contribution is -2.53. The molecule has 0 aliphatic carbocycles. The Hall–Kier alpha value is -1.68. The van der Waals surface area contributed by atoms with E-state index in [1.54, 1.807) is 29.2 Å². The number of carbonyl (C=O) groups excluding carboxylic acids is 1. The molecule has 0 unspecified atom stereocenters. The average molecular weight is 397 g/mol. The zero-order valence-electron chi connectivity index (χ0n) is 15.7. The minimum absolute atomic E-state index is 0.0509. The van der Waals surface area contributed by atoms with Crippen molar-refractivity contribution in [2.24, 2.45) is 0 Å². The number of benzene rings is 1. The smallest absolute Gasteiger partial charge is 0.243 e. The fraction of sp³-hybridized carbons (Fsp3) is 0.611. The van der Waals surface area contributed by atoms with Crippen molar-refractivity contribution in [3.05, 3.63) is 24.3 Å². The van der Waals surface area contributed by atoms with E-state index in [2.05, 4.69) is 4.90 Å². The Morgan fingerprint density at radius 2 is 1.67 bits per heavy atom. The first-order valence-electron chi connectivity index (χ1n) is 9.31. The SMILES string of the molecule is CCOc1ccc(S(=O)(=O)N2CCN(C(=O)CN3CCOCC3)CC2)cc1. The van der Waals surface area contributed by atoms with Gasteiger partial charge in [-0.05, 0) is 31.2 Å². The molecular formula is C18H27N3O5S. The van der Waals surface area contributed by atoms with Crippen LogP contribution < -0.4 is 4.74 Å². The number of carbonyl (C=O) groups is 1. The Morgan fingerprint density at radius 3 is 2.26 bits per heavy atom. The molecule has 0 aromatic heterocycles. The van der Waals surface area contributed by atoms with Crippen molar-refractivity contribution >= 4 is 15.9 Å². The summed E-state index contributed by atoms with van der Waals surface area (Å²) in [5, 5.41) is 0. The number of nitrogens with zero attached hydrogens (tertiary/aromatic N) is 3. The first kappa shape index (κ1) is 20.1. The molecule has 1 aromatic rings. The van der Waals surface area contributed by atoms with Gasteiger partial charge in [-0.25, -0.2) is 8.42 Å². The number of hydrogen-bond donors (Lipinski definition) is 0. The second kappa shape index (κ2) is 9.01. The van der Waals surface area contributed by atoms with E-state index >= 15 is 0 Å². The maximum Gasteiger partial charge on any atom is 0.243 e. The summed E-state index contributed by atoms with van der Waals surface area (Å²) in [5.74, 6) is 0.699. The van der Waals surface area contributed by atoms with Crippen molar-refractivity contribution in [2.75, 3.05) is 65.6 Å². The highest BCUT2D eigenvalue weighted by Crippen LogP contribution is 2.21. The number of morpholine rings is 1. The number of rotatable bonds is 6. The van der Waals surface area contributed by atoms with Gasteiger partial charge >= 0.3 is 0 Å². The van der Waals surface area contributed by atoms with Crippen LogP contribution in [0.25, 0.3) is 0 Å². The Morgan fingerprint density at radius 1 is 1.04 bits per heavy atom. The van der Waals surface area contributed by atoms with E-state index in [-0.39, 0.29) is 10.8 Å². The summed E-state index contributed by atoms with van der Waals surface area (Å²) in [6, 6.07) is 6.46. The summed E-state index contributed by atoms with van der Waals surface area (Å²) in [6.45, 7) is 7.07. The molecule has 0 N–H and O–H groups in total. The molecule has 2 aliphatic heterocycles. The molecule has 2 saturated heterocycles. The summed E-state index contributed by atoms with van der Waals surface area (Å²) < 4.78 is 37.7. The van der Waals surface area contributed by atoms with Crippen molar-refractivity contribution in [3.63, 3.8) is 0 Å². The number of amides is 1. The number of piperazine rings is 1. The highest BCUT2D eigenvalue weighted by Gasteiger charge is 2.30. The van der Waals surface area contributed by atoms with Crippen LogP contribution in [0.1, 0.15) is 6.92 Å². The Labute approximate surface area is 160 Å². The summed E-state index contributed by atoms with van der Waals surface area (Å²) >= 11 is 0. The van der Waals surface area contributed by atoms with Crippen molar-refractivity contribution in [1.82, 2.24) is 14.1 Å². The maximum absolute atomic E-state index is 12.8. The van der Waals surface area contributed by atoms with Crippen LogP contribution in [0.3, 0.4) is 0 Å². The van der Waals surface area contributed by atoms with Crippen LogP contribution in [0, 0.1) is 0 Å². The molecule has 0 radical (unpaired) electrons. The molecule has 27 heavy (non-hydrogen) atoms. The third-order valence-electron chi connectivity index (χ3n) is 4.83. The molecule has 2 heterocycles. The molecule has 0 saturated carbocycles. The first-order valence-corrected chi connectivity index (χ1v) is 10.8. The van der Waals surface area contributed by atoms with E-state index in [4.69, 9.17) is 9.47 Å². The monoisotopic (exact) mass is 397 g/mol. The minimum atomic E-state index is -3.56. The molecular weight excluding hydrogens is 370 g/mol. The third-order valence-corrected chi connectivity index (χ3v) is 6.74. The molecule has 150 valence electrons. The minimum Gasteiger partial charge on any atom is -0.494 e. The fourth-order valence-corrected chi connectivity index (χ4v) is 4.67. The maximum atomic E-state index is 12.8. The Bertz CT molecular complexity index is 724. The van der Waals surface area contributed by atoms with E-state index in [0.717, 1.165) is 13.1 Å². The highest BCUT2D eigenvalue weighted by molar-refractivity contribution is 7.89. The second-order valence-corrected chi connectivity index (χ2v) is 8.52.